The Morgan fingerprint density at radius 3 is 1.60 bits per heavy atom. The van der Waals surface area contributed by atoms with Gasteiger partial charge in [0.15, 0.2) is 6.10 Å². The highest BCUT2D eigenvalue weighted by Crippen LogP contribution is 2.52. The quantitative estimate of drug-likeness (QED) is 0.0305. The van der Waals surface area contributed by atoms with Gasteiger partial charge in [-0.1, -0.05) is 135 Å². The second-order valence-electron chi connectivity index (χ2n) is 12.5. The molecule has 11 heteroatoms. The fourth-order valence-electron chi connectivity index (χ4n) is 5.29. The third-order valence-electron chi connectivity index (χ3n) is 8.12. The maximum atomic E-state index is 14.2. The van der Waals surface area contributed by atoms with Crippen LogP contribution >= 0.6 is 30.9 Å². The van der Waals surface area contributed by atoms with Crippen molar-refractivity contribution in [2.24, 2.45) is 0 Å². The zero-order valence-electron chi connectivity index (χ0n) is 29.9. The van der Waals surface area contributed by atoms with E-state index in [-0.39, 0.29) is 50.5 Å². The molecule has 1 aromatic carbocycles. The molecule has 48 heavy (non-hydrogen) atoms. The smallest absolute Gasteiger partial charge is 0.461 e. The summed E-state index contributed by atoms with van der Waals surface area (Å²) in [6.07, 6.45) is 20.2. The van der Waals surface area contributed by atoms with Gasteiger partial charge in [-0.2, -0.15) is 4.67 Å². The van der Waals surface area contributed by atoms with Gasteiger partial charge < -0.3 is 14.0 Å². The Morgan fingerprint density at radius 1 is 0.667 bits per heavy atom. The lowest BCUT2D eigenvalue weighted by atomic mass is 10.1. The summed E-state index contributed by atoms with van der Waals surface area (Å²) in [7, 11) is -3.98. The number of benzene rings is 1. The maximum absolute atomic E-state index is 14.2. The van der Waals surface area contributed by atoms with Crippen molar-refractivity contribution in [2.45, 2.75) is 148 Å². The Hall–Kier alpha value is -1.31. The van der Waals surface area contributed by atoms with Gasteiger partial charge in [-0.3, -0.25) is 14.1 Å². The molecule has 0 aliphatic rings. The fraction of sp³-hybridized carbons (Fsp3) is 0.784. The number of esters is 2. The molecule has 0 fully saturated rings. The van der Waals surface area contributed by atoms with Gasteiger partial charge in [-0.15, -0.1) is 23.2 Å². The third kappa shape index (κ3) is 23.2. The number of hydrogen-bond acceptors (Lipinski definition) is 7. The highest BCUT2D eigenvalue weighted by Gasteiger charge is 2.36. The number of nitrogens with zero attached hydrogens (tertiary/aromatic N) is 1. The van der Waals surface area contributed by atoms with Gasteiger partial charge in [0.1, 0.15) is 12.4 Å². The van der Waals surface area contributed by atoms with Crippen LogP contribution in [0.3, 0.4) is 0 Å². The van der Waals surface area contributed by atoms with Crippen molar-refractivity contribution in [1.82, 2.24) is 4.67 Å². The predicted molar refractivity (Wildman–Crippen MR) is 198 cm³/mol. The largest absolute Gasteiger partial charge is 0.462 e. The zero-order valence-corrected chi connectivity index (χ0v) is 32.3. The number of alkyl halides is 2. The van der Waals surface area contributed by atoms with Crippen molar-refractivity contribution < 1.29 is 32.7 Å². The molecule has 0 radical (unpaired) electrons. The minimum absolute atomic E-state index is 0.177. The summed E-state index contributed by atoms with van der Waals surface area (Å²) in [4.78, 5) is 25.4. The van der Waals surface area contributed by atoms with Crippen LogP contribution in [-0.4, -0.2) is 60.8 Å². The minimum atomic E-state index is -3.98. The molecule has 278 valence electrons. The predicted octanol–water partition coefficient (Wildman–Crippen LogP) is 11.3. The van der Waals surface area contributed by atoms with Gasteiger partial charge in [0.05, 0.1) is 6.61 Å². The van der Waals surface area contributed by atoms with Crippen LogP contribution < -0.4 is 4.52 Å². The standard InChI is InChI=1S/C37H64Cl2NO7P/c1-3-5-7-9-11-13-15-17-22-26-36(41)44-32-35(46-37(42)27-23-18-16-14-12-10-8-6-4-2)33-45-48(43,40(30-28-38)31-29-39)47-34-24-20-19-21-25-34/h19-21,24-25,35H,3-18,22-23,26-33H2,1-2H3/t35-,48-/m0/s1. The molecule has 0 aromatic heterocycles. The molecule has 0 heterocycles. The Bertz CT molecular complexity index is 966. The van der Waals surface area contributed by atoms with Crippen molar-refractivity contribution in [3.05, 3.63) is 30.3 Å². The molecule has 0 spiro atoms. The lowest BCUT2D eigenvalue weighted by molar-refractivity contribution is -0.161. The highest BCUT2D eigenvalue weighted by molar-refractivity contribution is 7.51. The number of para-hydroxylation sites is 1. The molecule has 8 nitrogen and oxygen atoms in total. The SMILES string of the molecule is CCCCCCCCCCCC(=O)OC[C@@H](CO[P@](=O)(Oc1ccccc1)N(CCCl)CCCl)OC(=O)CCCCCCCCCCC. The van der Waals surface area contributed by atoms with Gasteiger partial charge in [0.2, 0.25) is 0 Å². The summed E-state index contributed by atoms with van der Waals surface area (Å²) in [5.41, 5.74) is 0. The number of ether oxygens (including phenoxy) is 2. The number of halogens is 2. The Morgan fingerprint density at radius 2 is 1.12 bits per heavy atom. The van der Waals surface area contributed by atoms with E-state index in [4.69, 9.17) is 41.7 Å². The topological polar surface area (TPSA) is 91.4 Å². The monoisotopic (exact) mass is 735 g/mol. The summed E-state index contributed by atoms with van der Waals surface area (Å²) >= 11 is 12.0. The normalized spacial score (nSPS) is 13.3. The van der Waals surface area contributed by atoms with Crippen molar-refractivity contribution in [1.29, 1.82) is 0 Å². The van der Waals surface area contributed by atoms with Crippen LogP contribution in [0, 0.1) is 0 Å². The molecular weight excluding hydrogens is 672 g/mol. The Kier molecular flexibility index (Phi) is 28.4. The van der Waals surface area contributed by atoms with Crippen LogP contribution in [0.1, 0.15) is 142 Å². The van der Waals surface area contributed by atoms with Crippen molar-refractivity contribution in [3.63, 3.8) is 0 Å². The zero-order chi connectivity index (χ0) is 35.1. The van der Waals surface area contributed by atoms with Gasteiger partial charge in [0.25, 0.3) is 0 Å². The average Bonchev–Trinajstić information content (AvgIpc) is 3.08. The molecule has 0 amide bonds. The van der Waals surface area contributed by atoms with E-state index >= 15 is 0 Å². The molecule has 0 bridgehead atoms. The first kappa shape index (κ1) is 44.7. The lowest BCUT2D eigenvalue weighted by Gasteiger charge is -2.30. The first-order chi connectivity index (χ1) is 23.4. The Labute approximate surface area is 301 Å². The van der Waals surface area contributed by atoms with E-state index in [2.05, 4.69) is 13.8 Å². The van der Waals surface area contributed by atoms with Crippen LogP contribution in [0.4, 0.5) is 0 Å². The average molecular weight is 737 g/mol. The van der Waals surface area contributed by atoms with E-state index in [1.807, 2.05) is 6.07 Å². The van der Waals surface area contributed by atoms with E-state index in [1.165, 1.54) is 81.7 Å². The maximum Gasteiger partial charge on any atom is 0.461 e. The second kappa shape index (κ2) is 30.5. The first-order valence-electron chi connectivity index (χ1n) is 18.6. The Balaban J connectivity index is 2.74. The van der Waals surface area contributed by atoms with Crippen LogP contribution in [-0.2, 0) is 28.2 Å². The van der Waals surface area contributed by atoms with Crippen LogP contribution in [0.15, 0.2) is 30.3 Å². The summed E-state index contributed by atoms with van der Waals surface area (Å²) in [6, 6.07) is 8.69. The van der Waals surface area contributed by atoms with E-state index in [0.717, 1.165) is 32.1 Å². The molecule has 0 N–H and O–H groups in total. The highest BCUT2D eigenvalue weighted by atomic mass is 35.5. The molecule has 0 saturated heterocycles. The number of carbonyl (C=O) groups is 2. The molecular formula is C37H64Cl2NO7P. The number of hydrogen-bond donors (Lipinski definition) is 0. The lowest BCUT2D eigenvalue weighted by Crippen LogP contribution is -2.33. The first-order valence-corrected chi connectivity index (χ1v) is 21.2. The fourth-order valence-corrected chi connectivity index (χ4v) is 7.70. The molecule has 1 rings (SSSR count). The summed E-state index contributed by atoms with van der Waals surface area (Å²) in [5.74, 6) is -0.0565. The van der Waals surface area contributed by atoms with Crippen molar-refractivity contribution >= 4 is 42.9 Å². The minimum Gasteiger partial charge on any atom is -0.462 e. The van der Waals surface area contributed by atoms with Gasteiger partial charge in [-0.25, -0.2) is 4.57 Å². The summed E-state index contributed by atoms with van der Waals surface area (Å²) in [6.45, 7) is 4.35. The van der Waals surface area contributed by atoms with Gasteiger partial charge >= 0.3 is 19.7 Å². The molecule has 0 aliphatic carbocycles. The van der Waals surface area contributed by atoms with Crippen LogP contribution in [0.5, 0.6) is 5.75 Å². The second-order valence-corrected chi connectivity index (χ2v) is 15.2. The number of unbranched alkanes of at least 4 members (excludes halogenated alkanes) is 16. The number of carbonyl (C=O) groups excluding carboxylic acids is 2. The van der Waals surface area contributed by atoms with Gasteiger partial charge in [0, 0.05) is 37.7 Å². The molecule has 0 unspecified atom stereocenters. The third-order valence-corrected chi connectivity index (χ3v) is 10.5. The molecule has 0 aliphatic heterocycles. The van der Waals surface area contributed by atoms with E-state index in [0.29, 0.717) is 18.6 Å². The van der Waals surface area contributed by atoms with Crippen molar-refractivity contribution in [3.8, 4) is 5.75 Å². The molecule has 1 aromatic rings. The summed E-state index contributed by atoms with van der Waals surface area (Å²) < 4.78 is 38.7. The molecule has 0 saturated carbocycles. The van der Waals surface area contributed by atoms with E-state index in [1.54, 1.807) is 24.3 Å². The van der Waals surface area contributed by atoms with Crippen molar-refractivity contribution in [2.75, 3.05) is 38.1 Å². The van der Waals surface area contributed by atoms with Crippen LogP contribution in [0.25, 0.3) is 0 Å². The summed E-state index contributed by atoms with van der Waals surface area (Å²) in [5, 5.41) is 0. The van der Waals surface area contributed by atoms with Crippen LogP contribution in [0.2, 0.25) is 0 Å². The van der Waals surface area contributed by atoms with E-state index < -0.39 is 19.8 Å². The van der Waals surface area contributed by atoms with E-state index in [9.17, 15) is 14.2 Å². The van der Waals surface area contributed by atoms with Gasteiger partial charge in [-0.05, 0) is 25.0 Å². The molecule has 2 atom stereocenters. The number of rotatable bonds is 33.